The van der Waals surface area contributed by atoms with Crippen molar-refractivity contribution in [3.8, 4) is 17.4 Å². The lowest BCUT2D eigenvalue weighted by Crippen LogP contribution is -2.06. The highest BCUT2D eigenvalue weighted by Crippen LogP contribution is 2.27. The highest BCUT2D eigenvalue weighted by atomic mass is 16.5. The summed E-state index contributed by atoms with van der Waals surface area (Å²) in [5.41, 5.74) is 3.01. The molecule has 0 saturated carbocycles. The first-order valence-electron chi connectivity index (χ1n) is 5.29. The molecule has 2 N–H and O–H groups in total. The first kappa shape index (κ1) is 11.3. The van der Waals surface area contributed by atoms with Gasteiger partial charge in [-0.2, -0.15) is 9.97 Å². The Balaban J connectivity index is 2.57. The Labute approximate surface area is 98.6 Å². The third kappa shape index (κ3) is 2.17. The van der Waals surface area contributed by atoms with Gasteiger partial charge < -0.3 is 10.1 Å². The minimum Gasteiger partial charge on any atom is -0.467 e. The largest absolute Gasteiger partial charge is 0.467 e. The van der Waals surface area contributed by atoms with Crippen LogP contribution in [0.1, 0.15) is 12.6 Å². The molecule has 0 radical (unpaired) electrons. The van der Waals surface area contributed by atoms with Crippen LogP contribution in [0, 0.1) is 6.92 Å². The van der Waals surface area contributed by atoms with Crippen molar-refractivity contribution < 1.29 is 4.74 Å². The van der Waals surface area contributed by atoms with Crippen LogP contribution in [0.15, 0.2) is 6.20 Å². The Morgan fingerprint density at radius 2 is 2.24 bits per heavy atom. The molecule has 0 aromatic carbocycles. The fraction of sp³-hybridized carbons (Fsp3) is 0.400. The summed E-state index contributed by atoms with van der Waals surface area (Å²) in [6, 6.07) is 0.321. The summed E-state index contributed by atoms with van der Waals surface area (Å²) >= 11 is 0. The second-order valence-electron chi connectivity index (χ2n) is 3.41. The zero-order valence-corrected chi connectivity index (χ0v) is 9.98. The lowest BCUT2D eigenvalue weighted by molar-refractivity contribution is 0.379. The average molecular weight is 234 g/mol. The van der Waals surface area contributed by atoms with Crippen molar-refractivity contribution in [1.82, 2.24) is 25.4 Å². The maximum Gasteiger partial charge on any atom is 0.317 e. The van der Waals surface area contributed by atoms with Crippen molar-refractivity contribution in [2.24, 2.45) is 0 Å². The summed E-state index contributed by atoms with van der Waals surface area (Å²) in [5, 5.41) is 13.5. The van der Waals surface area contributed by atoms with Crippen molar-refractivity contribution in [2.75, 3.05) is 19.0 Å². The monoisotopic (exact) mass is 234 g/mol. The van der Waals surface area contributed by atoms with Gasteiger partial charge in [-0.05, 0) is 13.8 Å². The molecule has 0 spiro atoms. The van der Waals surface area contributed by atoms with E-state index in [0.717, 1.165) is 17.9 Å². The molecule has 0 aliphatic rings. The number of anilines is 1. The van der Waals surface area contributed by atoms with E-state index in [2.05, 4.69) is 30.7 Å². The summed E-state index contributed by atoms with van der Waals surface area (Å²) < 4.78 is 5.06. The van der Waals surface area contributed by atoms with Gasteiger partial charge in [0.15, 0.2) is 0 Å². The number of H-pyrrole nitrogens is 1. The van der Waals surface area contributed by atoms with Crippen LogP contribution < -0.4 is 10.1 Å². The van der Waals surface area contributed by atoms with Gasteiger partial charge in [0.25, 0.3) is 0 Å². The molecule has 17 heavy (non-hydrogen) atoms. The number of methoxy groups -OCH3 is 1. The van der Waals surface area contributed by atoms with Crippen LogP contribution in [0.4, 0.5) is 5.69 Å². The molecule has 0 saturated heterocycles. The van der Waals surface area contributed by atoms with Crippen LogP contribution in [-0.4, -0.2) is 39.0 Å². The Morgan fingerprint density at radius 1 is 1.41 bits per heavy atom. The standard InChI is InChI=1S/C10H14N6O/c1-4-11-8-6(2)13-10(17-3)14-9(8)7-5-12-16-15-7/h5,11H,4H2,1-3H3,(H,12,15,16). The summed E-state index contributed by atoms with van der Waals surface area (Å²) in [6.45, 7) is 4.68. The highest BCUT2D eigenvalue weighted by Gasteiger charge is 2.15. The zero-order valence-electron chi connectivity index (χ0n) is 9.98. The van der Waals surface area contributed by atoms with Gasteiger partial charge in [-0.15, -0.1) is 5.10 Å². The maximum atomic E-state index is 5.06. The van der Waals surface area contributed by atoms with Crippen molar-refractivity contribution in [2.45, 2.75) is 13.8 Å². The summed E-state index contributed by atoms with van der Waals surface area (Å²) in [5.74, 6) is 0. The number of aromatic amines is 1. The lowest BCUT2D eigenvalue weighted by atomic mass is 10.2. The first-order chi connectivity index (χ1) is 8.26. The van der Waals surface area contributed by atoms with Gasteiger partial charge in [0.05, 0.1) is 24.7 Å². The van der Waals surface area contributed by atoms with E-state index in [1.54, 1.807) is 6.20 Å². The van der Waals surface area contributed by atoms with Gasteiger partial charge in [-0.25, -0.2) is 0 Å². The number of aryl methyl sites for hydroxylation is 1. The van der Waals surface area contributed by atoms with Crippen molar-refractivity contribution >= 4 is 5.69 Å². The average Bonchev–Trinajstić information content (AvgIpc) is 2.85. The number of ether oxygens (including phenoxy) is 1. The van der Waals surface area contributed by atoms with E-state index in [-0.39, 0.29) is 0 Å². The van der Waals surface area contributed by atoms with E-state index in [4.69, 9.17) is 4.74 Å². The Hall–Kier alpha value is -2.18. The molecule has 2 aromatic heterocycles. The van der Waals surface area contributed by atoms with Gasteiger partial charge in [-0.3, -0.25) is 5.10 Å². The third-order valence-corrected chi connectivity index (χ3v) is 2.26. The van der Waals surface area contributed by atoms with Gasteiger partial charge in [0, 0.05) is 6.54 Å². The van der Waals surface area contributed by atoms with Crippen molar-refractivity contribution in [3.05, 3.63) is 11.9 Å². The van der Waals surface area contributed by atoms with Crippen molar-refractivity contribution in [1.29, 1.82) is 0 Å². The second kappa shape index (κ2) is 4.77. The molecule has 2 rings (SSSR count). The topological polar surface area (TPSA) is 88.6 Å². The lowest BCUT2D eigenvalue weighted by Gasteiger charge is -2.11. The normalized spacial score (nSPS) is 10.3. The molecule has 7 nitrogen and oxygen atoms in total. The predicted molar refractivity (Wildman–Crippen MR) is 62.9 cm³/mol. The van der Waals surface area contributed by atoms with Gasteiger partial charge >= 0.3 is 6.01 Å². The molecule has 0 unspecified atom stereocenters. The molecule has 2 aromatic rings. The molecule has 90 valence electrons. The quantitative estimate of drug-likeness (QED) is 0.820. The molecule has 7 heteroatoms. The number of hydrogen-bond donors (Lipinski definition) is 2. The zero-order chi connectivity index (χ0) is 12.3. The van der Waals surface area contributed by atoms with E-state index >= 15 is 0 Å². The molecule has 0 bridgehead atoms. The Kier molecular flexibility index (Phi) is 3.17. The number of nitrogens with one attached hydrogen (secondary N) is 2. The van der Waals surface area contributed by atoms with Crippen molar-refractivity contribution in [3.63, 3.8) is 0 Å². The van der Waals surface area contributed by atoms with E-state index in [0.29, 0.717) is 17.4 Å². The predicted octanol–water partition coefficient (Wildman–Crippen LogP) is 1.01. The summed E-state index contributed by atoms with van der Waals surface area (Å²) in [7, 11) is 1.54. The first-order valence-corrected chi connectivity index (χ1v) is 5.29. The number of nitrogens with zero attached hydrogens (tertiary/aromatic N) is 4. The SMILES string of the molecule is CCNc1c(C)nc(OC)nc1-c1c[nH]nn1. The molecule has 0 aliphatic heterocycles. The molecular formula is C10H14N6O. The molecule has 0 aliphatic carbocycles. The van der Waals surface area contributed by atoms with Crippen LogP contribution in [0.3, 0.4) is 0 Å². The van der Waals surface area contributed by atoms with E-state index in [9.17, 15) is 0 Å². The summed E-state index contributed by atoms with van der Waals surface area (Å²) in [6.07, 6.45) is 1.68. The van der Waals surface area contributed by atoms with Gasteiger partial charge in [-0.1, -0.05) is 5.21 Å². The third-order valence-electron chi connectivity index (χ3n) is 2.26. The molecule has 2 heterocycles. The fourth-order valence-corrected chi connectivity index (χ4v) is 1.53. The molecular weight excluding hydrogens is 220 g/mol. The molecule has 0 fully saturated rings. The van der Waals surface area contributed by atoms with Gasteiger partial charge in [0.2, 0.25) is 0 Å². The minimum atomic E-state index is 0.321. The fourth-order valence-electron chi connectivity index (χ4n) is 1.53. The molecule has 0 atom stereocenters. The molecule has 0 amide bonds. The van der Waals surface area contributed by atoms with E-state index in [1.165, 1.54) is 7.11 Å². The maximum absolute atomic E-state index is 5.06. The Morgan fingerprint density at radius 3 is 2.82 bits per heavy atom. The minimum absolute atomic E-state index is 0.321. The van der Waals surface area contributed by atoms with Crippen LogP contribution in [0.2, 0.25) is 0 Å². The smallest absolute Gasteiger partial charge is 0.317 e. The van der Waals surface area contributed by atoms with Gasteiger partial charge in [0.1, 0.15) is 11.4 Å². The van der Waals surface area contributed by atoms with Crippen LogP contribution in [0.5, 0.6) is 6.01 Å². The second-order valence-corrected chi connectivity index (χ2v) is 3.41. The number of aromatic nitrogens is 5. The number of hydrogen-bond acceptors (Lipinski definition) is 6. The summed E-state index contributed by atoms with van der Waals surface area (Å²) in [4.78, 5) is 8.52. The van der Waals surface area contributed by atoms with Crippen LogP contribution in [-0.2, 0) is 0 Å². The number of rotatable bonds is 4. The van der Waals surface area contributed by atoms with Crippen LogP contribution in [0.25, 0.3) is 11.4 Å². The van der Waals surface area contributed by atoms with Crippen LogP contribution >= 0.6 is 0 Å². The van der Waals surface area contributed by atoms with E-state index in [1.807, 2.05) is 13.8 Å². The Bertz CT molecular complexity index is 496. The van der Waals surface area contributed by atoms with E-state index < -0.39 is 0 Å². The highest BCUT2D eigenvalue weighted by molar-refractivity contribution is 5.73.